The van der Waals surface area contributed by atoms with Crippen molar-refractivity contribution < 1.29 is 63.0 Å². The van der Waals surface area contributed by atoms with E-state index in [0.717, 1.165) is 0 Å². The Bertz CT molecular complexity index is 627. The fraction of sp³-hybridized carbons (Fsp3) is 0.0769. The Balaban J connectivity index is 0.00000242. The van der Waals surface area contributed by atoms with Gasteiger partial charge in [0.25, 0.3) is 0 Å². The molecule has 0 aliphatic rings. The van der Waals surface area contributed by atoms with Crippen LogP contribution in [-0.4, -0.2) is 10.2 Å². The molecule has 2 aromatic carbocycles. The Morgan fingerprint density at radius 2 is 1.00 bits per heavy atom. The van der Waals surface area contributed by atoms with Gasteiger partial charge in [0, 0.05) is 17.5 Å². The van der Waals surface area contributed by atoms with Crippen molar-refractivity contribution in [3.05, 3.63) is 53.4 Å². The first-order chi connectivity index (χ1) is 9.73. The Morgan fingerprint density at radius 3 is 1.32 bits per heavy atom. The fourth-order valence-corrected chi connectivity index (χ4v) is 3.20. The van der Waals surface area contributed by atoms with Gasteiger partial charge < -0.3 is 11.6 Å². The Morgan fingerprint density at radius 1 is 0.682 bits per heavy atom. The smallest absolute Gasteiger partial charge is 1.00 e. The Hall–Kier alpha value is 1.42. The molecule has 0 saturated carbocycles. The van der Waals surface area contributed by atoms with Crippen molar-refractivity contribution in [2.45, 2.75) is 6.42 Å². The van der Waals surface area contributed by atoms with Gasteiger partial charge in [-0.2, -0.15) is 0 Å². The summed E-state index contributed by atoms with van der Waals surface area (Å²) in [7, 11) is 0. The van der Waals surface area contributed by atoms with Crippen LogP contribution in [0.3, 0.4) is 0 Å². The van der Waals surface area contributed by atoms with Crippen LogP contribution in [0.2, 0.25) is 30.1 Å². The number of halogens is 6. The van der Waals surface area contributed by atoms with E-state index in [0.29, 0.717) is 0 Å². The molecule has 2 rings (SSSR count). The molecule has 2 aromatic rings. The molecule has 0 bridgehead atoms. The first kappa shape index (κ1) is 21.5. The first-order valence-electron chi connectivity index (χ1n) is 5.44. The largest absolute Gasteiger partial charge is 1.00 e. The molecule has 0 spiro atoms. The van der Waals surface area contributed by atoms with Gasteiger partial charge in [-0.15, -0.1) is 0 Å². The third-order valence-corrected chi connectivity index (χ3v) is 5.06. The number of benzene rings is 2. The van der Waals surface area contributed by atoms with Crippen molar-refractivity contribution in [2.75, 3.05) is 0 Å². The minimum absolute atomic E-state index is 0. The van der Waals surface area contributed by atoms with Crippen molar-refractivity contribution in [3.63, 3.8) is 0 Å². The van der Waals surface area contributed by atoms with E-state index in [4.69, 9.17) is 69.6 Å². The topological polar surface area (TPSA) is 40.5 Å². The molecule has 22 heavy (non-hydrogen) atoms. The SMILES string of the molecule is Oc1c(Cl)cc(Cl)c(Cl)c1Cc1c(O)c(Cl)cc(Cl)c1Cl.[H-].[K+]. The average Bonchev–Trinajstić information content (AvgIpc) is 2.42. The van der Waals surface area contributed by atoms with Gasteiger partial charge in [0.15, 0.2) is 0 Å². The van der Waals surface area contributed by atoms with Crippen LogP contribution in [0.25, 0.3) is 0 Å². The molecule has 0 heterocycles. The molecule has 0 aliphatic carbocycles. The molecule has 0 amide bonds. The minimum Gasteiger partial charge on any atom is -1.00 e. The monoisotopic (exact) mass is 444 g/mol. The zero-order valence-electron chi connectivity index (χ0n) is 12.0. The minimum atomic E-state index is -0.252. The number of phenolic OH excluding ortho intramolecular Hbond substituents is 2. The van der Waals surface area contributed by atoms with Gasteiger partial charge in [-0.25, -0.2) is 0 Å². The number of hydrogen-bond acceptors (Lipinski definition) is 2. The molecule has 0 aromatic heterocycles. The predicted octanol–water partition coefficient (Wildman–Crippen LogP) is 3.73. The van der Waals surface area contributed by atoms with Crippen LogP contribution in [-0.2, 0) is 6.42 Å². The summed E-state index contributed by atoms with van der Waals surface area (Å²) in [4.78, 5) is 0. The molecule has 0 atom stereocenters. The van der Waals surface area contributed by atoms with E-state index in [9.17, 15) is 10.2 Å². The van der Waals surface area contributed by atoms with E-state index in [-0.39, 0.29) is 112 Å². The molecular formula is C13H7Cl6KO2. The zero-order valence-corrected chi connectivity index (χ0v) is 18.7. The summed E-state index contributed by atoms with van der Waals surface area (Å²) in [5.41, 5.74) is 0.425. The van der Waals surface area contributed by atoms with Gasteiger partial charge in [0.05, 0.1) is 30.1 Å². The van der Waals surface area contributed by atoms with Crippen LogP contribution >= 0.6 is 69.6 Å². The van der Waals surface area contributed by atoms with E-state index in [1.165, 1.54) is 12.1 Å². The van der Waals surface area contributed by atoms with Crippen LogP contribution in [0.5, 0.6) is 11.5 Å². The summed E-state index contributed by atoms with van der Waals surface area (Å²) in [5, 5.41) is 20.6. The first-order valence-corrected chi connectivity index (χ1v) is 7.71. The van der Waals surface area contributed by atoms with Crippen molar-refractivity contribution in [2.24, 2.45) is 0 Å². The third-order valence-electron chi connectivity index (χ3n) is 2.83. The fourth-order valence-electron chi connectivity index (χ4n) is 1.77. The van der Waals surface area contributed by atoms with Crippen LogP contribution in [0, 0.1) is 0 Å². The summed E-state index contributed by atoms with van der Waals surface area (Å²) in [6.45, 7) is 0. The number of aromatic hydroxyl groups is 2. The Labute approximate surface area is 201 Å². The summed E-state index contributed by atoms with van der Waals surface area (Å²) >= 11 is 35.7. The summed E-state index contributed by atoms with van der Waals surface area (Å²) in [6, 6.07) is 2.63. The maximum Gasteiger partial charge on any atom is 1.00 e. The molecule has 0 fully saturated rings. The number of phenols is 2. The Kier molecular flexibility index (Phi) is 8.47. The predicted molar refractivity (Wildman–Crippen MR) is 90.2 cm³/mol. The molecule has 2 N–H and O–H groups in total. The van der Waals surface area contributed by atoms with Crippen molar-refractivity contribution in [3.8, 4) is 11.5 Å². The van der Waals surface area contributed by atoms with Gasteiger partial charge >= 0.3 is 51.4 Å². The third kappa shape index (κ3) is 4.33. The normalized spacial score (nSPS) is 10.5. The second-order valence-electron chi connectivity index (χ2n) is 4.14. The van der Waals surface area contributed by atoms with Gasteiger partial charge in [-0.05, 0) is 12.1 Å². The molecule has 114 valence electrons. The molecule has 0 radical (unpaired) electrons. The second-order valence-corrected chi connectivity index (χ2v) is 6.52. The van der Waals surface area contributed by atoms with E-state index in [1.54, 1.807) is 0 Å². The van der Waals surface area contributed by atoms with Gasteiger partial charge in [-0.3, -0.25) is 0 Å². The second kappa shape index (κ2) is 8.68. The van der Waals surface area contributed by atoms with Crippen LogP contribution in [0.15, 0.2) is 12.1 Å². The molecule has 0 saturated heterocycles. The standard InChI is InChI=1S/C13H6Cl6O2.K.H/c14-6-2-8(16)12(20)4(10(6)18)1-5-11(19)7(15)3-9(17)13(5)21;;/h2-3,20-21H,1H2;;/q;+1;-1. The zero-order chi connectivity index (χ0) is 15.9. The van der Waals surface area contributed by atoms with Crippen molar-refractivity contribution in [1.29, 1.82) is 0 Å². The summed E-state index contributed by atoms with van der Waals surface area (Å²) in [6.07, 6.45) is -0.0457. The van der Waals surface area contributed by atoms with Crippen LogP contribution in [0.4, 0.5) is 0 Å². The average molecular weight is 447 g/mol. The van der Waals surface area contributed by atoms with Gasteiger partial charge in [0.1, 0.15) is 11.5 Å². The van der Waals surface area contributed by atoms with E-state index in [1.807, 2.05) is 0 Å². The quantitative estimate of drug-likeness (QED) is 0.545. The molecule has 0 unspecified atom stereocenters. The summed E-state index contributed by atoms with van der Waals surface area (Å²) in [5.74, 6) is -0.504. The van der Waals surface area contributed by atoms with Crippen LogP contribution < -0.4 is 51.4 Å². The maximum absolute atomic E-state index is 10.0. The molecule has 2 nitrogen and oxygen atoms in total. The van der Waals surface area contributed by atoms with E-state index < -0.39 is 0 Å². The van der Waals surface area contributed by atoms with E-state index in [2.05, 4.69) is 0 Å². The van der Waals surface area contributed by atoms with Crippen LogP contribution in [0.1, 0.15) is 12.6 Å². The number of rotatable bonds is 2. The van der Waals surface area contributed by atoms with Crippen molar-refractivity contribution in [1.82, 2.24) is 0 Å². The van der Waals surface area contributed by atoms with E-state index >= 15 is 0 Å². The number of hydrogen-bond donors (Lipinski definition) is 2. The molecule has 0 aliphatic heterocycles. The van der Waals surface area contributed by atoms with Crippen molar-refractivity contribution >= 4 is 69.6 Å². The summed E-state index contributed by atoms with van der Waals surface area (Å²) < 4.78 is 0. The molecular weight excluding hydrogens is 440 g/mol. The van der Waals surface area contributed by atoms with Gasteiger partial charge in [-0.1, -0.05) is 69.6 Å². The maximum atomic E-state index is 10.0. The van der Waals surface area contributed by atoms with Gasteiger partial charge in [0.2, 0.25) is 0 Å². The molecule has 9 heteroatoms.